The van der Waals surface area contributed by atoms with Crippen LogP contribution in [0.15, 0.2) is 12.1 Å². The predicted octanol–water partition coefficient (Wildman–Crippen LogP) is 0.869. The van der Waals surface area contributed by atoms with Gasteiger partial charge in [-0.2, -0.15) is 0 Å². The van der Waals surface area contributed by atoms with Gasteiger partial charge in [0.2, 0.25) is 0 Å². The first kappa shape index (κ1) is 15.2. The van der Waals surface area contributed by atoms with Crippen molar-refractivity contribution in [3.8, 4) is 0 Å². The highest BCUT2D eigenvalue weighted by atomic mass is 16.4. The van der Waals surface area contributed by atoms with Gasteiger partial charge in [-0.15, -0.1) is 10.2 Å². The highest BCUT2D eigenvalue weighted by molar-refractivity contribution is 5.91. The van der Waals surface area contributed by atoms with Crippen LogP contribution in [-0.2, 0) is 4.79 Å². The van der Waals surface area contributed by atoms with Crippen LogP contribution in [0.2, 0.25) is 0 Å². The van der Waals surface area contributed by atoms with Crippen LogP contribution in [0, 0.1) is 5.92 Å². The second kappa shape index (κ2) is 6.51. The van der Waals surface area contributed by atoms with Crippen LogP contribution in [0.1, 0.15) is 29.8 Å². The summed E-state index contributed by atoms with van der Waals surface area (Å²) >= 11 is 0. The normalized spacial score (nSPS) is 17.8. The largest absolute Gasteiger partial charge is 0.481 e. The number of nitrogens with zero attached hydrogens (tertiary/aromatic N) is 4. The van der Waals surface area contributed by atoms with Gasteiger partial charge in [0.05, 0.1) is 0 Å². The predicted molar refractivity (Wildman–Crippen MR) is 77.2 cm³/mol. The van der Waals surface area contributed by atoms with Gasteiger partial charge in [0.15, 0.2) is 11.5 Å². The van der Waals surface area contributed by atoms with Gasteiger partial charge in [-0.3, -0.25) is 9.59 Å². The van der Waals surface area contributed by atoms with Crippen molar-refractivity contribution >= 4 is 17.7 Å². The Morgan fingerprint density at radius 1 is 1.38 bits per heavy atom. The van der Waals surface area contributed by atoms with Crippen LogP contribution in [0.5, 0.6) is 0 Å². The topological polar surface area (TPSA) is 86.6 Å². The van der Waals surface area contributed by atoms with E-state index in [-0.39, 0.29) is 12.3 Å². The summed E-state index contributed by atoms with van der Waals surface area (Å²) < 4.78 is 0. The van der Waals surface area contributed by atoms with Gasteiger partial charge in [-0.1, -0.05) is 0 Å². The van der Waals surface area contributed by atoms with E-state index in [0.29, 0.717) is 18.0 Å². The van der Waals surface area contributed by atoms with Crippen LogP contribution in [0.3, 0.4) is 0 Å². The molecule has 0 spiro atoms. The van der Waals surface area contributed by atoms with E-state index >= 15 is 0 Å². The van der Waals surface area contributed by atoms with E-state index in [1.807, 2.05) is 0 Å². The van der Waals surface area contributed by atoms with E-state index in [1.165, 1.54) is 4.90 Å². The van der Waals surface area contributed by atoms with Gasteiger partial charge in [0.25, 0.3) is 5.91 Å². The lowest BCUT2D eigenvalue weighted by Crippen LogP contribution is -2.25. The highest BCUT2D eigenvalue weighted by Crippen LogP contribution is 2.24. The molecule has 2 rings (SSSR count). The third kappa shape index (κ3) is 3.90. The Bertz CT molecular complexity index is 515. The maximum absolute atomic E-state index is 11.7. The quantitative estimate of drug-likeness (QED) is 0.866. The number of aromatic nitrogens is 2. The van der Waals surface area contributed by atoms with Crippen LogP contribution < -0.4 is 4.90 Å². The van der Waals surface area contributed by atoms with Crippen molar-refractivity contribution in [3.63, 3.8) is 0 Å². The number of carbonyl (C=O) groups is 2. The molecule has 1 aromatic heterocycles. The van der Waals surface area contributed by atoms with E-state index in [0.717, 1.165) is 25.3 Å². The molecule has 0 bridgehead atoms. The van der Waals surface area contributed by atoms with Gasteiger partial charge < -0.3 is 14.9 Å². The van der Waals surface area contributed by atoms with E-state index in [1.54, 1.807) is 26.2 Å². The Balaban J connectivity index is 1.94. The summed E-state index contributed by atoms with van der Waals surface area (Å²) in [7, 11) is 3.34. The molecule has 1 unspecified atom stereocenters. The number of aliphatic carboxylic acids is 1. The minimum Gasteiger partial charge on any atom is -0.481 e. The second-order valence-corrected chi connectivity index (χ2v) is 5.51. The van der Waals surface area contributed by atoms with Crippen molar-refractivity contribution in [1.82, 2.24) is 15.1 Å². The molecule has 1 atom stereocenters. The number of amides is 1. The molecule has 7 heteroatoms. The molecule has 0 aromatic carbocycles. The molecule has 1 aromatic rings. The zero-order valence-electron chi connectivity index (χ0n) is 12.3. The SMILES string of the molecule is CN(C)C(=O)c1ccc(N2CCC(CCC(=O)O)C2)nn1. The second-order valence-electron chi connectivity index (χ2n) is 5.51. The Morgan fingerprint density at radius 2 is 2.14 bits per heavy atom. The van der Waals surface area contributed by atoms with Gasteiger partial charge in [0, 0.05) is 33.6 Å². The van der Waals surface area contributed by atoms with Gasteiger partial charge in [-0.05, 0) is 30.9 Å². The van der Waals surface area contributed by atoms with E-state index < -0.39 is 5.97 Å². The third-order valence-corrected chi connectivity index (χ3v) is 3.65. The highest BCUT2D eigenvalue weighted by Gasteiger charge is 2.24. The average Bonchev–Trinajstić information content (AvgIpc) is 2.93. The number of carboxylic acids is 1. The van der Waals surface area contributed by atoms with Crippen LogP contribution in [0.25, 0.3) is 0 Å². The van der Waals surface area contributed by atoms with Crippen molar-refractivity contribution in [2.24, 2.45) is 5.92 Å². The van der Waals surface area contributed by atoms with Crippen molar-refractivity contribution in [2.75, 3.05) is 32.1 Å². The first-order valence-electron chi connectivity index (χ1n) is 6.99. The molecule has 21 heavy (non-hydrogen) atoms. The Labute approximate surface area is 123 Å². The standard InChI is InChI=1S/C14H20N4O3/c1-17(2)14(21)11-4-5-12(16-15-11)18-8-7-10(9-18)3-6-13(19)20/h4-5,10H,3,6-9H2,1-2H3,(H,19,20). The first-order valence-corrected chi connectivity index (χ1v) is 6.99. The van der Waals surface area contributed by atoms with E-state index in [2.05, 4.69) is 15.1 Å². The summed E-state index contributed by atoms with van der Waals surface area (Å²) in [4.78, 5) is 25.9. The number of rotatable bonds is 5. The summed E-state index contributed by atoms with van der Waals surface area (Å²) in [6.45, 7) is 1.64. The smallest absolute Gasteiger partial charge is 0.303 e. The van der Waals surface area contributed by atoms with Crippen molar-refractivity contribution < 1.29 is 14.7 Å². The molecular formula is C14H20N4O3. The lowest BCUT2D eigenvalue weighted by Gasteiger charge is -2.17. The summed E-state index contributed by atoms with van der Waals surface area (Å²) in [6, 6.07) is 3.47. The number of carbonyl (C=O) groups excluding carboxylic acids is 1. The summed E-state index contributed by atoms with van der Waals surface area (Å²) in [6.07, 6.45) is 1.87. The third-order valence-electron chi connectivity index (χ3n) is 3.65. The van der Waals surface area contributed by atoms with E-state index in [9.17, 15) is 9.59 Å². The first-order chi connectivity index (χ1) is 9.97. The van der Waals surface area contributed by atoms with Gasteiger partial charge in [-0.25, -0.2) is 0 Å². The molecule has 1 saturated heterocycles. The fourth-order valence-corrected chi connectivity index (χ4v) is 2.44. The molecule has 114 valence electrons. The molecule has 1 aliphatic rings. The molecule has 1 N–H and O–H groups in total. The Morgan fingerprint density at radius 3 is 2.71 bits per heavy atom. The minimum atomic E-state index is -0.750. The number of carboxylic acid groups (broad SMARTS) is 1. The molecule has 0 aliphatic carbocycles. The molecule has 1 fully saturated rings. The fourth-order valence-electron chi connectivity index (χ4n) is 2.44. The monoisotopic (exact) mass is 292 g/mol. The van der Waals surface area contributed by atoms with Crippen LogP contribution in [-0.4, -0.2) is 59.3 Å². The molecule has 2 heterocycles. The van der Waals surface area contributed by atoms with Gasteiger partial charge in [0.1, 0.15) is 0 Å². The molecule has 0 saturated carbocycles. The number of anilines is 1. The number of hydrogen-bond acceptors (Lipinski definition) is 5. The molecule has 1 aliphatic heterocycles. The lowest BCUT2D eigenvalue weighted by atomic mass is 10.0. The summed E-state index contributed by atoms with van der Waals surface area (Å²) in [5.41, 5.74) is 0.324. The fraction of sp³-hybridized carbons (Fsp3) is 0.571. The van der Waals surface area contributed by atoms with Gasteiger partial charge >= 0.3 is 5.97 Å². The van der Waals surface area contributed by atoms with E-state index in [4.69, 9.17) is 5.11 Å². The summed E-state index contributed by atoms with van der Waals surface area (Å²) in [5.74, 6) is 0.198. The molecular weight excluding hydrogens is 272 g/mol. The molecule has 1 amide bonds. The molecule has 0 radical (unpaired) electrons. The van der Waals surface area contributed by atoms with Crippen molar-refractivity contribution in [1.29, 1.82) is 0 Å². The Kier molecular flexibility index (Phi) is 4.72. The molecule has 7 nitrogen and oxygen atoms in total. The summed E-state index contributed by atoms with van der Waals surface area (Å²) in [5, 5.41) is 16.8. The maximum atomic E-state index is 11.7. The maximum Gasteiger partial charge on any atom is 0.303 e. The van der Waals surface area contributed by atoms with Crippen LogP contribution in [0.4, 0.5) is 5.82 Å². The van der Waals surface area contributed by atoms with Crippen molar-refractivity contribution in [2.45, 2.75) is 19.3 Å². The lowest BCUT2D eigenvalue weighted by molar-refractivity contribution is -0.137. The van der Waals surface area contributed by atoms with Crippen LogP contribution >= 0.6 is 0 Å². The minimum absolute atomic E-state index is 0.171. The number of hydrogen-bond donors (Lipinski definition) is 1. The van der Waals surface area contributed by atoms with Crippen molar-refractivity contribution in [3.05, 3.63) is 17.8 Å². The zero-order chi connectivity index (χ0) is 15.4. The Hall–Kier alpha value is -2.18. The average molecular weight is 292 g/mol. The zero-order valence-corrected chi connectivity index (χ0v) is 12.3.